The Morgan fingerprint density at radius 1 is 1.50 bits per heavy atom. The van der Waals surface area contributed by atoms with E-state index in [1.165, 1.54) is 0 Å². The molecule has 2 rings (SSSR count). The number of amides is 1. The number of fused-ring (bicyclic) bond motifs is 1. The van der Waals surface area contributed by atoms with Crippen LogP contribution in [0.1, 0.15) is 10.4 Å². The SMILES string of the molecule is NC(=O)c1ccc2cboc2c1. The van der Waals surface area contributed by atoms with Crippen LogP contribution in [0.3, 0.4) is 0 Å². The van der Waals surface area contributed by atoms with Gasteiger partial charge in [-0.2, -0.15) is 0 Å². The minimum absolute atomic E-state index is 0.437. The molecule has 0 aliphatic rings. The summed E-state index contributed by atoms with van der Waals surface area (Å²) < 4.78 is 5.10. The second-order valence-electron chi connectivity index (χ2n) is 2.54. The number of benzene rings is 1. The molecule has 1 aromatic carbocycles. The van der Waals surface area contributed by atoms with E-state index in [1.807, 2.05) is 5.96 Å². The molecule has 1 aromatic heterocycles. The van der Waals surface area contributed by atoms with Gasteiger partial charge in [-0.15, -0.1) is 0 Å². The molecule has 0 spiro atoms. The first kappa shape index (κ1) is 7.09. The molecule has 3 nitrogen and oxygen atoms in total. The monoisotopic (exact) mass is 159 g/mol. The molecule has 58 valence electrons. The van der Waals surface area contributed by atoms with Crippen molar-refractivity contribution in [2.75, 3.05) is 0 Å². The zero-order chi connectivity index (χ0) is 8.55. The van der Waals surface area contributed by atoms with Crippen molar-refractivity contribution < 1.29 is 9.13 Å². The normalized spacial score (nSPS) is 10.0. The summed E-state index contributed by atoms with van der Waals surface area (Å²) in [6.45, 7) is 0. The van der Waals surface area contributed by atoms with Crippen LogP contribution >= 0.6 is 0 Å². The van der Waals surface area contributed by atoms with Crippen LogP contribution in [0, 0.1) is 0 Å². The summed E-state index contributed by atoms with van der Waals surface area (Å²) in [6.07, 6.45) is 0. The number of primary amides is 1. The van der Waals surface area contributed by atoms with Crippen molar-refractivity contribution >= 4 is 24.0 Å². The zero-order valence-electron chi connectivity index (χ0n) is 6.28. The Hall–Kier alpha value is -1.58. The van der Waals surface area contributed by atoms with Gasteiger partial charge < -0.3 is 0 Å². The summed E-state index contributed by atoms with van der Waals surface area (Å²) in [5.74, 6) is 1.40. The van der Waals surface area contributed by atoms with Crippen molar-refractivity contribution in [3.63, 3.8) is 0 Å². The molecule has 0 atom stereocenters. The first-order valence-corrected chi connectivity index (χ1v) is 3.54. The van der Waals surface area contributed by atoms with E-state index >= 15 is 0 Å². The molecule has 12 heavy (non-hydrogen) atoms. The summed E-state index contributed by atoms with van der Waals surface area (Å²) in [6, 6.07) is 5.12. The maximum atomic E-state index is 10.7. The molecular formula is C8H6BNO2. The van der Waals surface area contributed by atoms with Crippen molar-refractivity contribution in [3.05, 3.63) is 29.7 Å². The van der Waals surface area contributed by atoms with E-state index in [9.17, 15) is 4.79 Å². The second-order valence-corrected chi connectivity index (χ2v) is 2.54. The Balaban J connectivity index is 2.68. The Morgan fingerprint density at radius 2 is 2.33 bits per heavy atom. The van der Waals surface area contributed by atoms with Crippen LogP contribution in [-0.2, 0) is 0 Å². The number of hydrogen-bond acceptors (Lipinski definition) is 2. The third-order valence-electron chi connectivity index (χ3n) is 1.74. The molecule has 1 amide bonds. The van der Waals surface area contributed by atoms with Crippen LogP contribution < -0.4 is 5.73 Å². The average molecular weight is 159 g/mol. The molecule has 2 aromatic rings. The van der Waals surface area contributed by atoms with Crippen molar-refractivity contribution in [2.24, 2.45) is 5.73 Å². The van der Waals surface area contributed by atoms with E-state index in [4.69, 9.17) is 10.1 Å². The van der Waals surface area contributed by atoms with Gasteiger partial charge in [0.15, 0.2) is 0 Å². The fourth-order valence-corrected chi connectivity index (χ4v) is 1.11. The van der Waals surface area contributed by atoms with E-state index < -0.39 is 5.91 Å². The summed E-state index contributed by atoms with van der Waals surface area (Å²) in [5, 5.41) is 0.972. The standard InChI is InChI=1S/C8H6BNO2/c10-8(11)5-1-2-6-4-9-12-7(6)3-5/h1-4H,(H2,10,11). The average Bonchev–Trinajstić information content (AvgIpc) is 2.49. The van der Waals surface area contributed by atoms with Gasteiger partial charge in [-0.25, -0.2) is 0 Å². The fourth-order valence-electron chi connectivity index (χ4n) is 1.11. The first-order valence-electron chi connectivity index (χ1n) is 3.54. The van der Waals surface area contributed by atoms with Gasteiger partial charge in [-0.05, 0) is 0 Å². The van der Waals surface area contributed by atoms with Crippen LogP contribution in [0.4, 0.5) is 0 Å². The van der Waals surface area contributed by atoms with Gasteiger partial charge in [0, 0.05) is 0 Å². The van der Waals surface area contributed by atoms with Gasteiger partial charge in [-0.3, -0.25) is 0 Å². The number of carbonyl (C=O) groups excluding carboxylic acids is 1. The molecule has 0 fully saturated rings. The summed E-state index contributed by atoms with van der Waals surface area (Å²) in [5.41, 5.74) is 6.25. The van der Waals surface area contributed by atoms with Crippen LogP contribution in [0.2, 0.25) is 0 Å². The van der Waals surface area contributed by atoms with E-state index in [0.29, 0.717) is 11.1 Å². The number of nitrogens with two attached hydrogens (primary N) is 1. The summed E-state index contributed by atoms with van der Waals surface area (Å²) in [7, 11) is 1.58. The molecule has 4 heteroatoms. The van der Waals surface area contributed by atoms with Crippen molar-refractivity contribution in [1.29, 1.82) is 0 Å². The molecule has 0 saturated heterocycles. The van der Waals surface area contributed by atoms with Gasteiger partial charge in [0.05, 0.1) is 0 Å². The van der Waals surface area contributed by atoms with Crippen LogP contribution in [0.15, 0.2) is 28.5 Å². The fraction of sp³-hybridized carbons (Fsp3) is 0. The van der Waals surface area contributed by atoms with E-state index in [0.717, 1.165) is 5.39 Å². The van der Waals surface area contributed by atoms with Gasteiger partial charge >= 0.3 is 68.6 Å². The molecule has 0 unspecified atom stereocenters. The Kier molecular flexibility index (Phi) is 1.47. The molecule has 1 heterocycles. The molecule has 0 bridgehead atoms. The van der Waals surface area contributed by atoms with Crippen LogP contribution in [0.5, 0.6) is 0 Å². The topological polar surface area (TPSA) is 56.2 Å². The van der Waals surface area contributed by atoms with Gasteiger partial charge in [0.1, 0.15) is 0 Å². The second kappa shape index (κ2) is 2.48. The van der Waals surface area contributed by atoms with Crippen LogP contribution in [0.25, 0.3) is 11.0 Å². The predicted octanol–water partition coefficient (Wildman–Crippen LogP) is 0.870. The third kappa shape index (κ3) is 1.01. The maximum absolute atomic E-state index is 10.7. The molecule has 0 aliphatic carbocycles. The van der Waals surface area contributed by atoms with Crippen molar-refractivity contribution in [1.82, 2.24) is 0 Å². The molecule has 0 radical (unpaired) electrons. The summed E-state index contributed by atoms with van der Waals surface area (Å²) >= 11 is 0. The quantitative estimate of drug-likeness (QED) is 0.670. The van der Waals surface area contributed by atoms with Gasteiger partial charge in [0.2, 0.25) is 0 Å². The molecule has 0 saturated carbocycles. The van der Waals surface area contributed by atoms with E-state index in [1.54, 1.807) is 25.3 Å². The first-order chi connectivity index (χ1) is 5.77. The Labute approximate surface area is 69.4 Å². The summed E-state index contributed by atoms with van der Waals surface area (Å²) in [4.78, 5) is 10.7. The van der Waals surface area contributed by atoms with Crippen molar-refractivity contribution in [3.8, 4) is 0 Å². The molecule has 2 N–H and O–H groups in total. The van der Waals surface area contributed by atoms with Crippen molar-refractivity contribution in [2.45, 2.75) is 0 Å². The van der Waals surface area contributed by atoms with Crippen LogP contribution in [-0.4, -0.2) is 13.0 Å². The third-order valence-corrected chi connectivity index (χ3v) is 1.74. The Morgan fingerprint density at radius 3 is 3.08 bits per heavy atom. The number of carbonyl (C=O) groups is 1. The number of rotatable bonds is 1. The van der Waals surface area contributed by atoms with Gasteiger partial charge in [-0.1, -0.05) is 0 Å². The molecule has 0 aliphatic heterocycles. The predicted molar refractivity (Wildman–Crippen MR) is 46.1 cm³/mol. The molecular weight excluding hydrogens is 153 g/mol. The zero-order valence-corrected chi connectivity index (χ0v) is 6.28. The van der Waals surface area contributed by atoms with E-state index in [-0.39, 0.29) is 0 Å². The number of hydrogen-bond donors (Lipinski definition) is 1. The minimum atomic E-state index is -0.437. The Bertz CT molecular complexity index is 435. The van der Waals surface area contributed by atoms with Gasteiger partial charge in [0.25, 0.3) is 0 Å². The van der Waals surface area contributed by atoms with E-state index in [2.05, 4.69) is 0 Å².